The molecule has 0 saturated carbocycles. The molecule has 3 aromatic heterocycles. The maximum Gasteiger partial charge on any atom is 0.137 e. The summed E-state index contributed by atoms with van der Waals surface area (Å²) in [5.41, 5.74) is 8.97. The molecule has 0 amide bonds. The Kier molecular flexibility index (Phi) is 4.06. The first-order valence-corrected chi connectivity index (χ1v) is 11.1. The van der Waals surface area contributed by atoms with E-state index in [2.05, 4.69) is 73.6 Å². The average molecular weight is 412 g/mol. The van der Waals surface area contributed by atoms with E-state index in [1.165, 1.54) is 29.0 Å². The molecule has 1 aliphatic heterocycles. The monoisotopic (exact) mass is 411 g/mol. The van der Waals surface area contributed by atoms with Crippen molar-refractivity contribution >= 4 is 39.7 Å². The van der Waals surface area contributed by atoms with Crippen LogP contribution in [-0.4, -0.2) is 31.8 Å². The molecule has 0 aliphatic carbocycles. The van der Waals surface area contributed by atoms with Gasteiger partial charge in [0, 0.05) is 53.9 Å². The topological polar surface area (TPSA) is 49.7 Å². The van der Waals surface area contributed by atoms with Crippen molar-refractivity contribution in [2.75, 3.05) is 16.6 Å². The lowest BCUT2D eigenvalue weighted by molar-refractivity contribution is 0.948. The summed E-state index contributed by atoms with van der Waals surface area (Å²) >= 11 is 1.91. The average Bonchev–Trinajstić information content (AvgIpc) is 3.54. The first-order valence-electron chi connectivity index (χ1n) is 10.2. The highest BCUT2D eigenvalue weighted by molar-refractivity contribution is 8.00. The molecule has 1 saturated heterocycles. The van der Waals surface area contributed by atoms with Crippen LogP contribution >= 0.6 is 11.9 Å². The second kappa shape index (κ2) is 6.92. The van der Waals surface area contributed by atoms with E-state index in [0.717, 1.165) is 39.7 Å². The van der Waals surface area contributed by atoms with Gasteiger partial charge in [-0.25, -0.2) is 9.97 Å². The number of nitrogens with zero attached hydrogens (tertiary/aromatic N) is 4. The van der Waals surface area contributed by atoms with Gasteiger partial charge in [-0.15, -0.1) is 0 Å². The van der Waals surface area contributed by atoms with Gasteiger partial charge in [0.25, 0.3) is 0 Å². The molecular weight excluding hydrogens is 390 g/mol. The third kappa shape index (κ3) is 2.87. The van der Waals surface area contributed by atoms with Crippen LogP contribution in [0.3, 0.4) is 0 Å². The predicted octanol–water partition coefficient (Wildman–Crippen LogP) is 5.64. The number of rotatable bonds is 3. The van der Waals surface area contributed by atoms with E-state index in [0.29, 0.717) is 0 Å². The van der Waals surface area contributed by atoms with Crippen molar-refractivity contribution in [1.82, 2.24) is 19.5 Å². The van der Waals surface area contributed by atoms with Gasteiger partial charge in [0.1, 0.15) is 5.65 Å². The van der Waals surface area contributed by atoms with E-state index in [-0.39, 0.29) is 0 Å². The fourth-order valence-electron chi connectivity index (χ4n) is 4.19. The van der Waals surface area contributed by atoms with Gasteiger partial charge in [0.05, 0.1) is 17.4 Å². The van der Waals surface area contributed by atoms with E-state index < -0.39 is 0 Å². The van der Waals surface area contributed by atoms with Crippen molar-refractivity contribution in [2.45, 2.75) is 6.42 Å². The number of aromatic nitrogens is 4. The van der Waals surface area contributed by atoms with Crippen LogP contribution in [0.15, 0.2) is 67.3 Å². The Morgan fingerprint density at radius 3 is 2.87 bits per heavy atom. The minimum Gasteiger partial charge on any atom is -0.346 e. The van der Waals surface area contributed by atoms with Crippen LogP contribution in [0, 0.1) is 0 Å². The van der Waals surface area contributed by atoms with Crippen molar-refractivity contribution in [3.05, 3.63) is 67.3 Å². The first kappa shape index (κ1) is 17.6. The van der Waals surface area contributed by atoms with Gasteiger partial charge in [-0.2, -0.15) is 0 Å². The van der Waals surface area contributed by atoms with Gasteiger partial charge in [-0.3, -0.25) is 0 Å². The third-order valence-electron chi connectivity index (χ3n) is 5.79. The number of benzene rings is 2. The Morgan fingerprint density at radius 1 is 1.00 bits per heavy atom. The normalized spacial score (nSPS) is 14.2. The quantitative estimate of drug-likeness (QED) is 0.390. The number of fused-ring (bicyclic) bond motifs is 2. The van der Waals surface area contributed by atoms with Crippen molar-refractivity contribution < 1.29 is 0 Å². The molecule has 1 fully saturated rings. The Morgan fingerprint density at radius 2 is 1.97 bits per heavy atom. The minimum atomic E-state index is 0.908. The molecule has 6 heteroatoms. The summed E-state index contributed by atoms with van der Waals surface area (Å²) in [5, 5.41) is 1.13. The van der Waals surface area contributed by atoms with Gasteiger partial charge < -0.3 is 13.9 Å². The fraction of sp³-hybridized carbons (Fsp3) is 0.167. The molecule has 148 valence electrons. The van der Waals surface area contributed by atoms with Gasteiger partial charge in [-0.05, 0) is 59.8 Å². The number of anilines is 1. The number of hydrogen-bond donors (Lipinski definition) is 1. The number of H-pyrrole nitrogens is 1. The number of aromatic amines is 1. The van der Waals surface area contributed by atoms with Crippen LogP contribution in [0.1, 0.15) is 6.42 Å². The molecule has 5 aromatic rings. The molecule has 4 heterocycles. The summed E-state index contributed by atoms with van der Waals surface area (Å²) in [5.74, 6) is 1.20. The van der Waals surface area contributed by atoms with Crippen molar-refractivity contribution in [2.24, 2.45) is 7.05 Å². The lowest BCUT2D eigenvalue weighted by Gasteiger charge is -2.16. The molecule has 0 spiro atoms. The maximum atomic E-state index is 4.71. The van der Waals surface area contributed by atoms with E-state index in [9.17, 15) is 0 Å². The Labute approximate surface area is 178 Å². The number of pyridine rings is 1. The summed E-state index contributed by atoms with van der Waals surface area (Å²) in [7, 11) is 2.03. The third-order valence-corrected chi connectivity index (χ3v) is 6.96. The smallest absolute Gasteiger partial charge is 0.137 e. The van der Waals surface area contributed by atoms with Crippen molar-refractivity contribution in [1.29, 1.82) is 0 Å². The molecule has 1 N–H and O–H groups in total. The van der Waals surface area contributed by atoms with E-state index >= 15 is 0 Å². The van der Waals surface area contributed by atoms with Crippen LogP contribution in [0.4, 0.5) is 5.69 Å². The fourth-order valence-corrected chi connectivity index (χ4v) is 5.18. The zero-order chi connectivity index (χ0) is 20.1. The van der Waals surface area contributed by atoms with E-state index in [1.807, 2.05) is 31.5 Å². The lowest BCUT2D eigenvalue weighted by Crippen LogP contribution is -2.08. The molecule has 2 aromatic carbocycles. The zero-order valence-corrected chi connectivity index (χ0v) is 17.5. The molecule has 0 radical (unpaired) electrons. The van der Waals surface area contributed by atoms with Crippen LogP contribution < -0.4 is 4.31 Å². The highest BCUT2D eigenvalue weighted by Gasteiger charge is 2.15. The zero-order valence-electron chi connectivity index (χ0n) is 16.7. The van der Waals surface area contributed by atoms with E-state index in [4.69, 9.17) is 4.98 Å². The van der Waals surface area contributed by atoms with Crippen molar-refractivity contribution in [3.63, 3.8) is 0 Å². The Balaban J connectivity index is 1.45. The van der Waals surface area contributed by atoms with Crippen molar-refractivity contribution in [3.8, 4) is 22.3 Å². The van der Waals surface area contributed by atoms with Crippen LogP contribution in [-0.2, 0) is 7.05 Å². The number of imidazole rings is 1. The number of aryl methyl sites for hydroxylation is 1. The Bertz CT molecular complexity index is 1380. The predicted molar refractivity (Wildman–Crippen MR) is 126 cm³/mol. The van der Waals surface area contributed by atoms with Gasteiger partial charge in [0.2, 0.25) is 0 Å². The molecule has 30 heavy (non-hydrogen) atoms. The van der Waals surface area contributed by atoms with Crippen LogP contribution in [0.25, 0.3) is 44.3 Å². The maximum absolute atomic E-state index is 4.71. The van der Waals surface area contributed by atoms with E-state index in [1.54, 1.807) is 0 Å². The highest BCUT2D eigenvalue weighted by atomic mass is 32.2. The minimum absolute atomic E-state index is 0.908. The second-order valence-electron chi connectivity index (χ2n) is 7.72. The molecule has 0 unspecified atom stereocenters. The molecular formula is C24H21N5S. The molecule has 5 nitrogen and oxygen atoms in total. The van der Waals surface area contributed by atoms with Crippen LogP contribution in [0.2, 0.25) is 0 Å². The Hall–Kier alpha value is -3.25. The standard InChI is InChI=1S/C24H21N5S/c1-28-15-27-22-7-6-17(12-23(22)28)21-14-26-24-20(21)11-18(13-25-24)16-4-2-5-19(10-16)29-8-3-9-30-29/h2,4-7,10-15H,3,8-9H2,1H3,(H,25,26). The molecule has 0 bridgehead atoms. The summed E-state index contributed by atoms with van der Waals surface area (Å²) in [6.07, 6.45) is 7.12. The van der Waals surface area contributed by atoms with Gasteiger partial charge in [0.15, 0.2) is 0 Å². The summed E-state index contributed by atoms with van der Waals surface area (Å²) in [6.45, 7) is 1.11. The summed E-state index contributed by atoms with van der Waals surface area (Å²) < 4.78 is 4.44. The SMILES string of the molecule is Cn1cnc2ccc(-c3c[nH]c4ncc(-c5cccc(N6CCCS6)c5)cc34)cc21. The van der Waals surface area contributed by atoms with Gasteiger partial charge >= 0.3 is 0 Å². The number of hydrogen-bond acceptors (Lipinski definition) is 4. The molecule has 6 rings (SSSR count). The van der Waals surface area contributed by atoms with Gasteiger partial charge in [-0.1, -0.05) is 18.2 Å². The van der Waals surface area contributed by atoms with Crippen LogP contribution in [0.5, 0.6) is 0 Å². The molecule has 1 aliphatic rings. The first-order chi connectivity index (χ1) is 14.8. The number of nitrogens with one attached hydrogen (secondary N) is 1. The molecule has 0 atom stereocenters. The summed E-state index contributed by atoms with van der Waals surface area (Å²) in [4.78, 5) is 12.5. The highest BCUT2D eigenvalue weighted by Crippen LogP contribution is 2.35. The summed E-state index contributed by atoms with van der Waals surface area (Å²) in [6, 6.07) is 17.4. The second-order valence-corrected chi connectivity index (χ2v) is 8.83. The largest absolute Gasteiger partial charge is 0.346 e. The lowest BCUT2D eigenvalue weighted by atomic mass is 10.0.